The molecule has 0 saturated carbocycles. The summed E-state index contributed by atoms with van der Waals surface area (Å²) >= 11 is 0. The number of carbonyl (C=O) groups excluding carboxylic acids is 3. The van der Waals surface area contributed by atoms with Crippen LogP contribution < -0.4 is 5.32 Å². The summed E-state index contributed by atoms with van der Waals surface area (Å²) in [5.74, 6) is -1.71. The molecular formula is C16H21NO5. The van der Waals surface area contributed by atoms with E-state index >= 15 is 0 Å². The van der Waals surface area contributed by atoms with E-state index in [9.17, 15) is 14.4 Å². The molecule has 1 amide bonds. The van der Waals surface area contributed by atoms with Crippen LogP contribution in [0.1, 0.15) is 25.8 Å². The lowest BCUT2D eigenvalue weighted by Crippen LogP contribution is -2.44. The Morgan fingerprint density at radius 3 is 2.27 bits per heavy atom. The van der Waals surface area contributed by atoms with Crippen LogP contribution in [0.15, 0.2) is 30.3 Å². The minimum absolute atomic E-state index is 0.206. The Kier molecular flexibility index (Phi) is 7.67. The summed E-state index contributed by atoms with van der Waals surface area (Å²) in [5.41, 5.74) is 0.886. The third-order valence-corrected chi connectivity index (χ3v) is 2.80. The topological polar surface area (TPSA) is 81.7 Å². The normalized spacial score (nSPS) is 11.4. The highest BCUT2D eigenvalue weighted by atomic mass is 16.5. The van der Waals surface area contributed by atoms with Crippen molar-refractivity contribution in [2.75, 3.05) is 13.2 Å². The van der Waals surface area contributed by atoms with Crippen LogP contribution in [0.2, 0.25) is 0 Å². The van der Waals surface area contributed by atoms with Crippen molar-refractivity contribution < 1.29 is 23.9 Å². The van der Waals surface area contributed by atoms with E-state index in [-0.39, 0.29) is 13.2 Å². The molecule has 0 unspecified atom stereocenters. The van der Waals surface area contributed by atoms with Crippen molar-refractivity contribution in [3.8, 4) is 0 Å². The Morgan fingerprint density at radius 2 is 1.68 bits per heavy atom. The lowest BCUT2D eigenvalue weighted by molar-refractivity contribution is -0.150. The summed E-state index contributed by atoms with van der Waals surface area (Å²) in [7, 11) is 0. The summed E-state index contributed by atoms with van der Waals surface area (Å²) in [6.07, 6.45) is -0.118. The average molecular weight is 307 g/mol. The summed E-state index contributed by atoms with van der Waals surface area (Å²) in [6, 6.07) is 8.43. The summed E-state index contributed by atoms with van der Waals surface area (Å²) < 4.78 is 9.66. The van der Waals surface area contributed by atoms with Gasteiger partial charge in [-0.1, -0.05) is 30.3 Å². The Bertz CT molecular complexity index is 501. The molecule has 0 aliphatic carbocycles. The average Bonchev–Trinajstić information content (AvgIpc) is 2.48. The van der Waals surface area contributed by atoms with Gasteiger partial charge in [0.15, 0.2) is 0 Å². The number of hydrogen-bond donors (Lipinski definition) is 1. The van der Waals surface area contributed by atoms with Gasteiger partial charge in [-0.3, -0.25) is 9.59 Å². The van der Waals surface area contributed by atoms with E-state index in [4.69, 9.17) is 9.47 Å². The van der Waals surface area contributed by atoms with Gasteiger partial charge < -0.3 is 14.8 Å². The van der Waals surface area contributed by atoms with Crippen molar-refractivity contribution >= 4 is 17.8 Å². The zero-order valence-electron chi connectivity index (χ0n) is 12.8. The number of amides is 1. The second kappa shape index (κ2) is 9.55. The largest absolute Gasteiger partial charge is 0.466 e. The van der Waals surface area contributed by atoms with Crippen LogP contribution in [0, 0.1) is 0 Å². The molecule has 1 aromatic carbocycles. The van der Waals surface area contributed by atoms with Crippen molar-refractivity contribution in [3.05, 3.63) is 35.9 Å². The third kappa shape index (κ3) is 6.39. The van der Waals surface area contributed by atoms with Crippen molar-refractivity contribution in [2.24, 2.45) is 0 Å². The second-order valence-corrected chi connectivity index (χ2v) is 4.54. The molecule has 0 spiro atoms. The van der Waals surface area contributed by atoms with Crippen LogP contribution in [0.25, 0.3) is 0 Å². The number of ether oxygens (including phenoxy) is 2. The molecule has 6 heteroatoms. The zero-order chi connectivity index (χ0) is 16.4. The van der Waals surface area contributed by atoms with Crippen molar-refractivity contribution in [1.82, 2.24) is 5.32 Å². The summed E-state index contributed by atoms with van der Waals surface area (Å²) in [4.78, 5) is 35.0. The number of benzene rings is 1. The molecule has 120 valence electrons. The van der Waals surface area contributed by atoms with Crippen molar-refractivity contribution in [1.29, 1.82) is 0 Å². The first-order valence-corrected chi connectivity index (χ1v) is 7.22. The molecule has 0 saturated heterocycles. The SMILES string of the molecule is CCOC(=O)CC(=O)N[C@@H](Cc1ccccc1)C(=O)OCC. The maximum Gasteiger partial charge on any atom is 0.328 e. The molecule has 0 fully saturated rings. The van der Waals surface area contributed by atoms with Crippen LogP contribution in [-0.2, 0) is 30.3 Å². The molecule has 1 rings (SSSR count). The summed E-state index contributed by atoms with van der Waals surface area (Å²) in [6.45, 7) is 3.78. The van der Waals surface area contributed by atoms with Gasteiger partial charge in [-0.15, -0.1) is 0 Å². The van der Waals surface area contributed by atoms with Gasteiger partial charge in [-0.05, 0) is 19.4 Å². The van der Waals surface area contributed by atoms with Gasteiger partial charge in [0.05, 0.1) is 13.2 Å². The predicted molar refractivity (Wildman–Crippen MR) is 80.0 cm³/mol. The highest BCUT2D eigenvalue weighted by Crippen LogP contribution is 2.05. The van der Waals surface area contributed by atoms with Crippen LogP contribution in [0.3, 0.4) is 0 Å². The lowest BCUT2D eigenvalue weighted by atomic mass is 10.1. The van der Waals surface area contributed by atoms with Crippen LogP contribution in [0.5, 0.6) is 0 Å². The van der Waals surface area contributed by atoms with Gasteiger partial charge in [0.1, 0.15) is 12.5 Å². The molecule has 0 aliphatic rings. The molecule has 0 heterocycles. The number of carbonyl (C=O) groups is 3. The van der Waals surface area contributed by atoms with Gasteiger partial charge in [0.2, 0.25) is 5.91 Å². The molecule has 1 N–H and O–H groups in total. The van der Waals surface area contributed by atoms with E-state index in [1.54, 1.807) is 13.8 Å². The highest BCUT2D eigenvalue weighted by Gasteiger charge is 2.23. The molecule has 1 aromatic rings. The Morgan fingerprint density at radius 1 is 1.05 bits per heavy atom. The Hall–Kier alpha value is -2.37. The zero-order valence-corrected chi connectivity index (χ0v) is 12.8. The number of hydrogen-bond acceptors (Lipinski definition) is 5. The monoisotopic (exact) mass is 307 g/mol. The Labute approximate surface area is 129 Å². The van der Waals surface area contributed by atoms with E-state index < -0.39 is 30.3 Å². The first kappa shape index (κ1) is 17.7. The van der Waals surface area contributed by atoms with E-state index in [1.165, 1.54) is 0 Å². The molecule has 22 heavy (non-hydrogen) atoms. The van der Waals surface area contributed by atoms with Gasteiger partial charge in [-0.2, -0.15) is 0 Å². The second-order valence-electron chi connectivity index (χ2n) is 4.54. The van der Waals surface area contributed by atoms with E-state index in [0.717, 1.165) is 5.56 Å². The maximum absolute atomic E-state index is 11.9. The number of rotatable bonds is 8. The predicted octanol–water partition coefficient (Wildman–Crippen LogP) is 1.23. The van der Waals surface area contributed by atoms with Gasteiger partial charge in [0, 0.05) is 6.42 Å². The molecule has 6 nitrogen and oxygen atoms in total. The smallest absolute Gasteiger partial charge is 0.328 e. The minimum atomic E-state index is -0.829. The fraction of sp³-hybridized carbons (Fsp3) is 0.438. The van der Waals surface area contributed by atoms with Gasteiger partial charge in [0.25, 0.3) is 0 Å². The fourth-order valence-corrected chi connectivity index (χ4v) is 1.87. The van der Waals surface area contributed by atoms with E-state index in [0.29, 0.717) is 6.42 Å². The fourth-order valence-electron chi connectivity index (χ4n) is 1.87. The van der Waals surface area contributed by atoms with Crippen molar-refractivity contribution in [2.45, 2.75) is 32.7 Å². The number of esters is 2. The molecule has 0 radical (unpaired) electrons. The maximum atomic E-state index is 11.9. The first-order valence-electron chi connectivity index (χ1n) is 7.22. The van der Waals surface area contributed by atoms with Gasteiger partial charge in [-0.25, -0.2) is 4.79 Å². The lowest BCUT2D eigenvalue weighted by Gasteiger charge is -2.17. The molecular weight excluding hydrogens is 286 g/mol. The first-order chi connectivity index (χ1) is 10.6. The molecule has 0 aliphatic heterocycles. The minimum Gasteiger partial charge on any atom is -0.466 e. The Balaban J connectivity index is 2.67. The molecule has 1 atom stereocenters. The number of nitrogens with one attached hydrogen (secondary N) is 1. The van der Waals surface area contributed by atoms with Crippen molar-refractivity contribution in [3.63, 3.8) is 0 Å². The summed E-state index contributed by atoms with van der Waals surface area (Å²) in [5, 5.41) is 2.53. The van der Waals surface area contributed by atoms with Gasteiger partial charge >= 0.3 is 11.9 Å². The van der Waals surface area contributed by atoms with Crippen LogP contribution >= 0.6 is 0 Å². The third-order valence-electron chi connectivity index (χ3n) is 2.80. The standard InChI is InChI=1S/C16H21NO5/c1-3-21-15(19)11-14(18)17-13(16(20)22-4-2)10-12-8-6-5-7-9-12/h5-9,13H,3-4,10-11H2,1-2H3,(H,17,18)/t13-/m0/s1. The molecule has 0 bridgehead atoms. The van der Waals surface area contributed by atoms with E-state index in [2.05, 4.69) is 5.32 Å². The van der Waals surface area contributed by atoms with Crippen LogP contribution in [-0.4, -0.2) is 37.1 Å². The quantitative estimate of drug-likeness (QED) is 0.577. The van der Waals surface area contributed by atoms with Crippen LogP contribution in [0.4, 0.5) is 0 Å². The molecule has 0 aromatic heterocycles. The van der Waals surface area contributed by atoms with E-state index in [1.807, 2.05) is 30.3 Å². The highest BCUT2D eigenvalue weighted by molar-refractivity contribution is 5.96.